The van der Waals surface area contributed by atoms with Gasteiger partial charge in [0.1, 0.15) is 18.1 Å². The molecule has 12 nitrogen and oxygen atoms in total. The van der Waals surface area contributed by atoms with Gasteiger partial charge in [-0.25, -0.2) is 4.79 Å². The first kappa shape index (κ1) is 28.8. The molecule has 4 unspecified atom stereocenters. The quantitative estimate of drug-likeness (QED) is 0.0543. The van der Waals surface area contributed by atoms with Gasteiger partial charge < -0.3 is 38.3 Å². The normalized spacial score (nSPS) is 14.5. The third kappa shape index (κ3) is 12.3. The summed E-state index contributed by atoms with van der Waals surface area (Å²) in [6.07, 6.45) is 2.77. The molecule has 0 aromatic carbocycles. The van der Waals surface area contributed by atoms with E-state index in [1.54, 1.807) is 11.8 Å². The summed E-state index contributed by atoms with van der Waals surface area (Å²) >= 11 is 5.59. The molecule has 31 heavy (non-hydrogen) atoms. The van der Waals surface area contributed by atoms with Crippen molar-refractivity contribution in [3.05, 3.63) is 0 Å². The van der Waals surface area contributed by atoms with Crippen LogP contribution in [0.1, 0.15) is 26.2 Å². The van der Waals surface area contributed by atoms with Gasteiger partial charge in [-0.15, -0.1) is 0 Å². The van der Waals surface area contributed by atoms with Crippen LogP contribution in [0.3, 0.4) is 0 Å². The maximum atomic E-state index is 12.4. The van der Waals surface area contributed by atoms with Gasteiger partial charge in [0.05, 0.1) is 6.04 Å². The summed E-state index contributed by atoms with van der Waals surface area (Å²) in [5.74, 6) is -2.54. The predicted octanol–water partition coefficient (Wildman–Crippen LogP) is -2.39. The van der Waals surface area contributed by atoms with Crippen LogP contribution < -0.4 is 33.2 Å². The van der Waals surface area contributed by atoms with E-state index >= 15 is 0 Å². The number of aliphatic carboxylic acids is 1. The van der Waals surface area contributed by atoms with Crippen LogP contribution in [0.4, 0.5) is 0 Å². The van der Waals surface area contributed by atoms with Crippen molar-refractivity contribution in [2.24, 2.45) is 22.2 Å². The Morgan fingerprint density at radius 2 is 1.65 bits per heavy atom. The first-order chi connectivity index (χ1) is 14.5. The third-order valence-corrected chi connectivity index (χ3v) is 5.11. The number of hydrogen-bond donors (Lipinski definition) is 8. The van der Waals surface area contributed by atoms with Crippen LogP contribution in [-0.2, 0) is 19.2 Å². The molecular weight excluding hydrogens is 446 g/mol. The van der Waals surface area contributed by atoms with Gasteiger partial charge in [0.25, 0.3) is 0 Å². The van der Waals surface area contributed by atoms with E-state index in [9.17, 15) is 24.3 Å². The number of carboxylic acids is 1. The molecule has 0 heterocycles. The number of thiol groups is 1. The lowest BCUT2D eigenvalue weighted by Crippen LogP contribution is -2.57. The van der Waals surface area contributed by atoms with E-state index in [2.05, 4.69) is 33.6 Å². The zero-order chi connectivity index (χ0) is 24.0. The summed E-state index contributed by atoms with van der Waals surface area (Å²) in [5.41, 5.74) is 16.2. The average molecular weight is 480 g/mol. The second-order valence-electron chi connectivity index (χ2n) is 6.71. The average Bonchev–Trinajstić information content (AvgIpc) is 2.71. The second-order valence-corrected chi connectivity index (χ2v) is 8.06. The van der Waals surface area contributed by atoms with Crippen molar-refractivity contribution in [2.75, 3.05) is 24.3 Å². The van der Waals surface area contributed by atoms with Crippen LogP contribution in [0.15, 0.2) is 4.99 Å². The highest BCUT2D eigenvalue weighted by Crippen LogP contribution is 2.02. The molecule has 0 spiro atoms. The zero-order valence-corrected chi connectivity index (χ0v) is 19.4. The van der Waals surface area contributed by atoms with Crippen LogP contribution >= 0.6 is 24.4 Å². The molecule has 0 aliphatic carbocycles. The lowest BCUT2D eigenvalue weighted by atomic mass is 10.1. The molecule has 0 aromatic rings. The van der Waals surface area contributed by atoms with E-state index in [1.807, 2.05) is 6.26 Å². The number of nitrogens with two attached hydrogens (primary N) is 3. The zero-order valence-electron chi connectivity index (χ0n) is 17.7. The van der Waals surface area contributed by atoms with Crippen molar-refractivity contribution < 1.29 is 24.3 Å². The highest BCUT2D eigenvalue weighted by atomic mass is 32.2. The fourth-order valence-corrected chi connectivity index (χ4v) is 3.03. The van der Waals surface area contributed by atoms with Gasteiger partial charge in [0.15, 0.2) is 5.96 Å². The molecule has 0 saturated heterocycles. The number of carboxylic acid groups (broad SMARTS) is 1. The van der Waals surface area contributed by atoms with E-state index in [4.69, 9.17) is 17.2 Å². The summed E-state index contributed by atoms with van der Waals surface area (Å²) in [6.45, 7) is 1.66. The number of nitrogens with zero attached hydrogens (tertiary/aromatic N) is 1. The van der Waals surface area contributed by atoms with Gasteiger partial charge in [-0.3, -0.25) is 19.4 Å². The van der Waals surface area contributed by atoms with Crippen LogP contribution in [0.2, 0.25) is 0 Å². The van der Waals surface area contributed by atoms with Gasteiger partial charge in [-0.05, 0) is 38.2 Å². The molecule has 178 valence electrons. The van der Waals surface area contributed by atoms with E-state index < -0.39 is 47.9 Å². The largest absolute Gasteiger partial charge is 0.480 e. The van der Waals surface area contributed by atoms with Crippen LogP contribution in [0.25, 0.3) is 0 Å². The first-order valence-corrected chi connectivity index (χ1v) is 11.6. The molecule has 0 aliphatic rings. The van der Waals surface area contributed by atoms with Gasteiger partial charge in [-0.2, -0.15) is 24.4 Å². The van der Waals surface area contributed by atoms with Crippen LogP contribution in [0.5, 0.6) is 0 Å². The number of hydrogen-bond acceptors (Lipinski definition) is 8. The van der Waals surface area contributed by atoms with Crippen molar-refractivity contribution in [1.29, 1.82) is 0 Å². The minimum Gasteiger partial charge on any atom is -0.480 e. The number of rotatable bonds is 15. The number of carbonyl (C=O) groups excluding carboxylic acids is 3. The lowest BCUT2D eigenvalue weighted by molar-refractivity contribution is -0.142. The number of carbonyl (C=O) groups is 4. The predicted molar refractivity (Wildman–Crippen MR) is 124 cm³/mol. The molecule has 10 N–H and O–H groups in total. The Bertz CT molecular complexity index is 646. The highest BCUT2D eigenvalue weighted by Gasteiger charge is 2.27. The lowest BCUT2D eigenvalue weighted by Gasteiger charge is -2.22. The smallest absolute Gasteiger partial charge is 0.326 e. The molecule has 0 rings (SSSR count). The molecule has 0 fully saturated rings. The minimum absolute atomic E-state index is 0.0776. The second kappa shape index (κ2) is 15.6. The highest BCUT2D eigenvalue weighted by molar-refractivity contribution is 7.98. The number of amides is 3. The summed E-state index contributed by atoms with van der Waals surface area (Å²) in [4.78, 5) is 51.9. The summed E-state index contributed by atoms with van der Waals surface area (Å²) in [6, 6.07) is -3.98. The molecule has 0 bridgehead atoms. The molecule has 0 aromatic heterocycles. The number of thioether (sulfide) groups is 1. The Morgan fingerprint density at radius 3 is 2.16 bits per heavy atom. The Labute approximate surface area is 191 Å². The molecule has 14 heteroatoms. The Kier molecular flexibility index (Phi) is 14.5. The number of nitrogens with one attached hydrogen (secondary N) is 3. The van der Waals surface area contributed by atoms with Gasteiger partial charge >= 0.3 is 5.97 Å². The topological polar surface area (TPSA) is 215 Å². The van der Waals surface area contributed by atoms with Gasteiger partial charge in [-0.1, -0.05) is 0 Å². The van der Waals surface area contributed by atoms with Crippen LogP contribution in [0, 0.1) is 0 Å². The maximum Gasteiger partial charge on any atom is 0.326 e. The van der Waals surface area contributed by atoms with Crippen molar-refractivity contribution >= 4 is 54.0 Å². The Balaban J connectivity index is 4.77. The fraction of sp³-hybridized carbons (Fsp3) is 0.706. The number of aliphatic imine (C=N–C) groups is 1. The van der Waals surface area contributed by atoms with Crippen molar-refractivity contribution in [3.63, 3.8) is 0 Å². The van der Waals surface area contributed by atoms with E-state index in [0.29, 0.717) is 18.6 Å². The van der Waals surface area contributed by atoms with E-state index in [0.717, 1.165) is 0 Å². The van der Waals surface area contributed by atoms with Crippen LogP contribution in [-0.4, -0.2) is 83.2 Å². The molecule has 3 amide bonds. The van der Waals surface area contributed by atoms with Crippen molar-refractivity contribution in [2.45, 2.75) is 50.4 Å². The van der Waals surface area contributed by atoms with Gasteiger partial charge in [0, 0.05) is 12.3 Å². The first-order valence-electron chi connectivity index (χ1n) is 9.58. The minimum atomic E-state index is -1.23. The molecular formula is C17H33N7O5S2. The summed E-state index contributed by atoms with van der Waals surface area (Å²) in [5, 5.41) is 16.6. The van der Waals surface area contributed by atoms with Gasteiger partial charge in [0.2, 0.25) is 17.7 Å². The molecule has 0 radical (unpaired) electrons. The Morgan fingerprint density at radius 1 is 1.03 bits per heavy atom. The maximum absolute atomic E-state index is 12.4. The summed E-state index contributed by atoms with van der Waals surface area (Å²) in [7, 11) is 0. The monoisotopic (exact) mass is 479 g/mol. The third-order valence-electron chi connectivity index (χ3n) is 4.10. The molecule has 0 saturated carbocycles. The number of guanidine groups is 1. The summed E-state index contributed by atoms with van der Waals surface area (Å²) < 4.78 is 0. The molecule has 0 aliphatic heterocycles. The standard InChI is InChI=1S/C17H33N7O5S2/c1-9(22-14(26)10(18)5-7-31-2)13(25)24-12(8-30)15(27)23-11(16(28)29)4-3-6-21-17(19)20/h9-12,30H,3-8,18H2,1-2H3,(H,22,26)(H,23,27)(H,24,25)(H,28,29)(H4,19,20,21). The Hall–Kier alpha value is -2.19. The van der Waals surface area contributed by atoms with E-state index in [-0.39, 0.29) is 24.7 Å². The van der Waals surface area contributed by atoms with Crippen molar-refractivity contribution in [1.82, 2.24) is 16.0 Å². The van der Waals surface area contributed by atoms with Crippen molar-refractivity contribution in [3.8, 4) is 0 Å². The SMILES string of the molecule is CSCCC(N)C(=O)NC(C)C(=O)NC(CS)C(=O)NC(CCCN=C(N)N)C(=O)O. The molecule has 4 atom stereocenters. The van der Waals surface area contributed by atoms with E-state index in [1.165, 1.54) is 6.92 Å². The fourth-order valence-electron chi connectivity index (χ4n) is 2.29.